The van der Waals surface area contributed by atoms with Gasteiger partial charge in [0.25, 0.3) is 5.91 Å². The molecule has 1 atom stereocenters. The van der Waals surface area contributed by atoms with Gasteiger partial charge in [0.1, 0.15) is 9.71 Å². The first-order valence-corrected chi connectivity index (χ1v) is 10.8. The number of carbonyl (C=O) groups is 2. The highest BCUT2D eigenvalue weighted by molar-refractivity contribution is 7.21. The average Bonchev–Trinajstić information content (AvgIpc) is 3.33. The van der Waals surface area contributed by atoms with Crippen LogP contribution in [-0.2, 0) is 4.79 Å². The lowest BCUT2D eigenvalue weighted by atomic mass is 10.1. The molecule has 3 N–H and O–H groups in total. The molecule has 2 aromatic heterocycles. The molecule has 0 radical (unpaired) electrons. The maximum atomic E-state index is 12.9. The van der Waals surface area contributed by atoms with E-state index in [0.29, 0.717) is 17.1 Å². The van der Waals surface area contributed by atoms with Gasteiger partial charge < -0.3 is 16.0 Å². The molecule has 0 aliphatic carbocycles. The van der Waals surface area contributed by atoms with Crippen LogP contribution in [0.25, 0.3) is 10.2 Å². The molecule has 4 heterocycles. The minimum atomic E-state index is -0.193. The molecule has 4 rings (SSSR count). The number of fused-ring (bicyclic) bond motifs is 1. The second kappa shape index (κ2) is 8.05. The van der Waals surface area contributed by atoms with Gasteiger partial charge in [0.15, 0.2) is 0 Å². The number of nitrogen functional groups attached to an aromatic ring is 1. The SMILES string of the molecule is CNC(=O)c1sc2nc([C@@H]3CCCN3C(=O)CN3CCCCC3)ccc2c1N. The van der Waals surface area contributed by atoms with Crippen LogP contribution < -0.4 is 11.1 Å². The van der Waals surface area contributed by atoms with E-state index in [1.54, 1.807) is 7.05 Å². The molecule has 2 amide bonds. The van der Waals surface area contributed by atoms with Gasteiger partial charge in [-0.15, -0.1) is 11.3 Å². The molecule has 0 unspecified atom stereocenters. The Balaban J connectivity index is 1.55. The number of amides is 2. The van der Waals surface area contributed by atoms with Crippen molar-refractivity contribution >= 4 is 39.1 Å². The van der Waals surface area contributed by atoms with Crippen molar-refractivity contribution in [2.75, 3.05) is 39.0 Å². The van der Waals surface area contributed by atoms with Crippen molar-refractivity contribution in [3.8, 4) is 0 Å². The number of hydrogen-bond donors (Lipinski definition) is 2. The van der Waals surface area contributed by atoms with Gasteiger partial charge in [-0.25, -0.2) is 4.98 Å². The number of likely N-dealkylation sites (tertiary alicyclic amines) is 2. The number of carbonyl (C=O) groups excluding carboxylic acids is 2. The molecule has 0 aromatic carbocycles. The van der Waals surface area contributed by atoms with Gasteiger partial charge in [-0.2, -0.15) is 0 Å². The van der Waals surface area contributed by atoms with E-state index in [1.165, 1.54) is 30.6 Å². The number of rotatable bonds is 4. The molecule has 7 nitrogen and oxygen atoms in total. The Kier molecular flexibility index (Phi) is 5.50. The number of thiophene rings is 1. The first-order valence-electron chi connectivity index (χ1n) is 10.0. The van der Waals surface area contributed by atoms with E-state index in [9.17, 15) is 9.59 Å². The maximum Gasteiger partial charge on any atom is 0.263 e. The predicted molar refractivity (Wildman–Crippen MR) is 111 cm³/mol. The zero-order valence-corrected chi connectivity index (χ0v) is 17.1. The topological polar surface area (TPSA) is 91.6 Å². The summed E-state index contributed by atoms with van der Waals surface area (Å²) >= 11 is 1.31. The first-order chi connectivity index (χ1) is 13.6. The van der Waals surface area contributed by atoms with E-state index in [-0.39, 0.29) is 17.9 Å². The number of nitrogens with one attached hydrogen (secondary N) is 1. The second-order valence-corrected chi connectivity index (χ2v) is 8.59. The second-order valence-electron chi connectivity index (χ2n) is 7.59. The van der Waals surface area contributed by atoms with E-state index in [1.807, 2.05) is 17.0 Å². The largest absolute Gasteiger partial charge is 0.397 e. The number of nitrogens with two attached hydrogens (primary N) is 1. The van der Waals surface area contributed by atoms with Crippen LogP contribution in [-0.4, -0.2) is 59.8 Å². The quantitative estimate of drug-likeness (QED) is 0.821. The van der Waals surface area contributed by atoms with Gasteiger partial charge in [0.2, 0.25) is 5.91 Å². The van der Waals surface area contributed by atoms with Crippen molar-refractivity contribution in [3.63, 3.8) is 0 Å². The van der Waals surface area contributed by atoms with E-state index < -0.39 is 0 Å². The van der Waals surface area contributed by atoms with Crippen molar-refractivity contribution in [2.45, 2.75) is 38.1 Å². The van der Waals surface area contributed by atoms with E-state index >= 15 is 0 Å². The lowest BCUT2D eigenvalue weighted by Crippen LogP contribution is -2.42. The maximum absolute atomic E-state index is 12.9. The van der Waals surface area contributed by atoms with Crippen LogP contribution >= 0.6 is 11.3 Å². The predicted octanol–water partition coefficient (Wildman–Crippen LogP) is 2.39. The standard InChI is InChI=1S/C20H27N5O2S/c1-22-19(27)18-17(21)13-7-8-14(23-20(13)28-18)15-6-5-11-25(15)16(26)12-24-9-3-2-4-10-24/h7-8,15H,2-6,9-12,21H2,1H3,(H,22,27)/t15-/m0/s1. The summed E-state index contributed by atoms with van der Waals surface area (Å²) in [4.78, 5) is 35.2. The van der Waals surface area contributed by atoms with E-state index in [2.05, 4.69) is 10.2 Å². The summed E-state index contributed by atoms with van der Waals surface area (Å²) in [6.07, 6.45) is 5.55. The summed E-state index contributed by atoms with van der Waals surface area (Å²) in [5, 5.41) is 3.42. The lowest BCUT2D eigenvalue weighted by molar-refractivity contribution is -0.133. The van der Waals surface area contributed by atoms with Crippen LogP contribution in [0.1, 0.15) is 53.5 Å². The van der Waals surface area contributed by atoms with E-state index in [4.69, 9.17) is 10.7 Å². The molecule has 0 saturated carbocycles. The summed E-state index contributed by atoms with van der Waals surface area (Å²) in [6.45, 7) is 3.33. The molecular weight excluding hydrogens is 374 g/mol. The lowest BCUT2D eigenvalue weighted by Gasteiger charge is -2.30. The minimum absolute atomic E-state index is 0.00784. The molecule has 2 aliphatic rings. The Morgan fingerprint density at radius 2 is 2.00 bits per heavy atom. The first kappa shape index (κ1) is 19.1. The fourth-order valence-corrected chi connectivity index (χ4v) is 5.30. The third-order valence-electron chi connectivity index (χ3n) is 5.77. The number of hydrogen-bond acceptors (Lipinski definition) is 6. The van der Waals surface area contributed by atoms with Crippen molar-refractivity contribution in [3.05, 3.63) is 22.7 Å². The molecule has 2 saturated heterocycles. The number of anilines is 1. The molecule has 2 aliphatic heterocycles. The molecule has 0 spiro atoms. The zero-order chi connectivity index (χ0) is 19.7. The molecule has 2 aromatic rings. The van der Waals surface area contributed by atoms with Crippen LogP contribution in [0, 0.1) is 0 Å². The zero-order valence-electron chi connectivity index (χ0n) is 16.2. The summed E-state index contributed by atoms with van der Waals surface area (Å²) in [7, 11) is 1.59. The molecule has 0 bridgehead atoms. The highest BCUT2D eigenvalue weighted by Crippen LogP contribution is 2.36. The summed E-state index contributed by atoms with van der Waals surface area (Å²) in [6, 6.07) is 3.89. The average molecular weight is 402 g/mol. The monoisotopic (exact) mass is 401 g/mol. The van der Waals surface area contributed by atoms with E-state index in [0.717, 1.165) is 48.4 Å². The number of piperidine rings is 1. The third kappa shape index (κ3) is 3.58. The highest BCUT2D eigenvalue weighted by atomic mass is 32.1. The Morgan fingerprint density at radius 3 is 2.75 bits per heavy atom. The normalized spacial score (nSPS) is 20.6. The summed E-state index contributed by atoms with van der Waals surface area (Å²) in [5.41, 5.74) is 7.50. The third-order valence-corrected chi connectivity index (χ3v) is 6.88. The Hall–Kier alpha value is -2.19. The van der Waals surface area contributed by atoms with Crippen molar-refractivity contribution in [2.24, 2.45) is 0 Å². The fraction of sp³-hybridized carbons (Fsp3) is 0.550. The van der Waals surface area contributed by atoms with Gasteiger partial charge in [-0.05, 0) is 50.9 Å². The van der Waals surface area contributed by atoms with Crippen LogP contribution in [0.15, 0.2) is 12.1 Å². The molecule has 8 heteroatoms. The highest BCUT2D eigenvalue weighted by Gasteiger charge is 2.32. The van der Waals surface area contributed by atoms with Crippen LogP contribution in [0.2, 0.25) is 0 Å². The molecule has 2 fully saturated rings. The molecule has 150 valence electrons. The Bertz CT molecular complexity index is 890. The fourth-order valence-electron chi connectivity index (χ4n) is 4.25. The van der Waals surface area contributed by atoms with Gasteiger partial charge in [-0.3, -0.25) is 14.5 Å². The van der Waals surface area contributed by atoms with Gasteiger partial charge in [-0.1, -0.05) is 6.42 Å². The smallest absolute Gasteiger partial charge is 0.263 e. The van der Waals surface area contributed by atoms with Crippen molar-refractivity contribution in [1.82, 2.24) is 20.1 Å². The Labute approximate surface area is 168 Å². The molecule has 28 heavy (non-hydrogen) atoms. The van der Waals surface area contributed by atoms with Gasteiger partial charge >= 0.3 is 0 Å². The minimum Gasteiger partial charge on any atom is -0.397 e. The number of pyridine rings is 1. The van der Waals surface area contributed by atoms with Gasteiger partial charge in [0.05, 0.1) is 24.0 Å². The van der Waals surface area contributed by atoms with Crippen LogP contribution in [0.4, 0.5) is 5.69 Å². The Morgan fingerprint density at radius 1 is 1.21 bits per heavy atom. The van der Waals surface area contributed by atoms with Crippen LogP contribution in [0.3, 0.4) is 0 Å². The van der Waals surface area contributed by atoms with Crippen molar-refractivity contribution in [1.29, 1.82) is 0 Å². The molecular formula is C20H27N5O2S. The number of nitrogens with zero attached hydrogens (tertiary/aromatic N) is 3. The number of aromatic nitrogens is 1. The van der Waals surface area contributed by atoms with Crippen molar-refractivity contribution < 1.29 is 9.59 Å². The van der Waals surface area contributed by atoms with Crippen LogP contribution in [0.5, 0.6) is 0 Å². The van der Waals surface area contributed by atoms with Gasteiger partial charge in [0, 0.05) is 19.0 Å². The summed E-state index contributed by atoms with van der Waals surface area (Å²) < 4.78 is 0. The summed E-state index contributed by atoms with van der Waals surface area (Å²) in [5.74, 6) is 0.00397.